The van der Waals surface area contributed by atoms with Gasteiger partial charge in [0.15, 0.2) is 0 Å². The number of nitrogens with zero attached hydrogens (tertiary/aromatic N) is 1. The lowest BCUT2D eigenvalue weighted by Gasteiger charge is -2.41. The maximum atomic E-state index is 13.7. The molecule has 0 radical (unpaired) electrons. The SMILES string of the molecule is CCCCCCC[C@@](O)(c1ccc(F)cc1)[C@H](CN1CCOCC1)c1ccccc1. The molecule has 30 heavy (non-hydrogen) atoms. The van der Waals surface area contributed by atoms with Gasteiger partial charge in [-0.05, 0) is 29.7 Å². The Morgan fingerprint density at radius 2 is 1.63 bits per heavy atom. The van der Waals surface area contributed by atoms with Crippen LogP contribution in [0.15, 0.2) is 54.6 Å². The summed E-state index contributed by atoms with van der Waals surface area (Å²) in [6.07, 6.45) is 6.36. The van der Waals surface area contributed by atoms with Crippen molar-refractivity contribution in [3.05, 3.63) is 71.5 Å². The summed E-state index contributed by atoms with van der Waals surface area (Å²) in [5.74, 6) is -0.359. The van der Waals surface area contributed by atoms with Crippen molar-refractivity contribution < 1.29 is 14.2 Å². The molecule has 0 saturated carbocycles. The molecule has 0 bridgehead atoms. The number of rotatable bonds is 11. The molecule has 0 aliphatic carbocycles. The Balaban J connectivity index is 1.90. The second kappa shape index (κ2) is 11.6. The summed E-state index contributed by atoms with van der Waals surface area (Å²) in [5, 5.41) is 12.2. The van der Waals surface area contributed by atoms with E-state index in [2.05, 4.69) is 24.0 Å². The number of morpholine rings is 1. The summed E-state index contributed by atoms with van der Waals surface area (Å²) >= 11 is 0. The molecule has 0 aromatic heterocycles. The van der Waals surface area contributed by atoms with Crippen LogP contribution < -0.4 is 0 Å². The Labute approximate surface area is 180 Å². The number of unbranched alkanes of at least 4 members (excludes halogenated alkanes) is 4. The van der Waals surface area contributed by atoms with E-state index in [-0.39, 0.29) is 11.7 Å². The Morgan fingerprint density at radius 3 is 2.30 bits per heavy atom. The predicted molar refractivity (Wildman–Crippen MR) is 120 cm³/mol. The summed E-state index contributed by atoms with van der Waals surface area (Å²) in [5.41, 5.74) is 0.894. The van der Waals surface area contributed by atoms with Crippen LogP contribution in [0.2, 0.25) is 0 Å². The minimum Gasteiger partial charge on any atom is -0.384 e. The van der Waals surface area contributed by atoms with E-state index in [9.17, 15) is 9.50 Å². The standard InChI is InChI=1S/C26H36FNO2/c1-2-3-4-5-9-16-26(29,23-12-14-24(27)15-13-23)25(22-10-7-6-8-11-22)21-28-17-19-30-20-18-28/h6-8,10-15,25,29H,2-5,9,16-21H2,1H3/t25-,26-/m1/s1. The van der Waals surface area contributed by atoms with Crippen LogP contribution >= 0.6 is 0 Å². The largest absolute Gasteiger partial charge is 0.384 e. The first-order valence-corrected chi connectivity index (χ1v) is 11.5. The van der Waals surface area contributed by atoms with Crippen LogP contribution in [0.5, 0.6) is 0 Å². The van der Waals surface area contributed by atoms with Gasteiger partial charge >= 0.3 is 0 Å². The Hall–Kier alpha value is -1.75. The molecule has 1 N–H and O–H groups in total. The van der Waals surface area contributed by atoms with Gasteiger partial charge in [0.05, 0.1) is 18.8 Å². The minimum atomic E-state index is -1.04. The van der Waals surface area contributed by atoms with Crippen LogP contribution in [0.4, 0.5) is 4.39 Å². The van der Waals surface area contributed by atoms with Gasteiger partial charge in [0, 0.05) is 25.6 Å². The fourth-order valence-electron chi connectivity index (χ4n) is 4.52. The molecule has 0 amide bonds. The van der Waals surface area contributed by atoms with Gasteiger partial charge in [0.2, 0.25) is 0 Å². The highest BCUT2D eigenvalue weighted by Crippen LogP contribution is 2.42. The van der Waals surface area contributed by atoms with E-state index >= 15 is 0 Å². The Morgan fingerprint density at radius 1 is 0.967 bits per heavy atom. The quantitative estimate of drug-likeness (QED) is 0.495. The first kappa shape index (κ1) is 22.9. The van der Waals surface area contributed by atoms with Crippen molar-refractivity contribution in [3.63, 3.8) is 0 Å². The molecule has 164 valence electrons. The van der Waals surface area contributed by atoms with Gasteiger partial charge in [-0.15, -0.1) is 0 Å². The Bertz CT molecular complexity index is 730. The molecular formula is C26H36FNO2. The second-order valence-electron chi connectivity index (χ2n) is 8.47. The van der Waals surface area contributed by atoms with E-state index < -0.39 is 5.60 Å². The zero-order valence-electron chi connectivity index (χ0n) is 18.2. The van der Waals surface area contributed by atoms with Crippen LogP contribution in [0.1, 0.15) is 62.5 Å². The third-order valence-corrected chi connectivity index (χ3v) is 6.33. The van der Waals surface area contributed by atoms with Crippen molar-refractivity contribution in [2.24, 2.45) is 0 Å². The fourth-order valence-corrected chi connectivity index (χ4v) is 4.52. The Kier molecular flexibility index (Phi) is 8.86. The zero-order chi connectivity index (χ0) is 21.2. The molecule has 3 rings (SSSR count). The normalized spacial score (nSPS) is 18.1. The average molecular weight is 414 g/mol. The first-order valence-electron chi connectivity index (χ1n) is 11.5. The lowest BCUT2D eigenvalue weighted by molar-refractivity contribution is -0.0296. The van der Waals surface area contributed by atoms with Gasteiger partial charge in [0.1, 0.15) is 5.82 Å². The molecule has 1 aliphatic heterocycles. The topological polar surface area (TPSA) is 32.7 Å². The summed E-state index contributed by atoms with van der Waals surface area (Å²) in [4.78, 5) is 2.38. The molecule has 1 fully saturated rings. The van der Waals surface area contributed by atoms with Crippen LogP contribution in [0, 0.1) is 5.82 Å². The summed E-state index contributed by atoms with van der Waals surface area (Å²) < 4.78 is 19.2. The van der Waals surface area contributed by atoms with Crippen molar-refractivity contribution >= 4 is 0 Å². The monoisotopic (exact) mass is 413 g/mol. The molecule has 2 aromatic carbocycles. The number of ether oxygens (including phenoxy) is 1. The third kappa shape index (κ3) is 6.13. The van der Waals surface area contributed by atoms with E-state index in [0.29, 0.717) is 6.42 Å². The molecule has 2 atom stereocenters. The van der Waals surface area contributed by atoms with Crippen molar-refractivity contribution in [3.8, 4) is 0 Å². The highest BCUT2D eigenvalue weighted by Gasteiger charge is 2.40. The van der Waals surface area contributed by atoms with Crippen LogP contribution in [-0.2, 0) is 10.3 Å². The number of benzene rings is 2. The first-order chi connectivity index (χ1) is 14.6. The van der Waals surface area contributed by atoms with E-state index in [0.717, 1.165) is 56.8 Å². The maximum absolute atomic E-state index is 13.7. The van der Waals surface area contributed by atoms with Crippen molar-refractivity contribution in [2.45, 2.75) is 57.0 Å². The molecule has 1 heterocycles. The maximum Gasteiger partial charge on any atom is 0.123 e. The molecule has 3 nitrogen and oxygen atoms in total. The van der Waals surface area contributed by atoms with Gasteiger partial charge in [-0.1, -0.05) is 81.5 Å². The molecule has 2 aromatic rings. The number of hydrogen-bond donors (Lipinski definition) is 1. The minimum absolute atomic E-state index is 0.0894. The molecule has 1 saturated heterocycles. The third-order valence-electron chi connectivity index (χ3n) is 6.33. The van der Waals surface area contributed by atoms with E-state index in [1.54, 1.807) is 12.1 Å². The smallest absolute Gasteiger partial charge is 0.123 e. The van der Waals surface area contributed by atoms with Gasteiger partial charge < -0.3 is 9.84 Å². The summed E-state index contributed by atoms with van der Waals surface area (Å²) in [7, 11) is 0. The lowest BCUT2D eigenvalue weighted by atomic mass is 9.74. The predicted octanol–water partition coefficient (Wildman–Crippen LogP) is 5.49. The molecule has 0 unspecified atom stereocenters. The number of hydrogen-bond acceptors (Lipinski definition) is 3. The highest BCUT2D eigenvalue weighted by molar-refractivity contribution is 5.32. The second-order valence-corrected chi connectivity index (χ2v) is 8.47. The zero-order valence-corrected chi connectivity index (χ0v) is 18.2. The molecular weight excluding hydrogens is 377 g/mol. The van der Waals surface area contributed by atoms with Crippen LogP contribution in [0.3, 0.4) is 0 Å². The van der Waals surface area contributed by atoms with Gasteiger partial charge in [-0.3, -0.25) is 4.90 Å². The summed E-state index contributed by atoms with van der Waals surface area (Å²) in [6.45, 7) is 6.18. The van der Waals surface area contributed by atoms with Crippen molar-refractivity contribution in [1.29, 1.82) is 0 Å². The lowest BCUT2D eigenvalue weighted by Crippen LogP contribution is -2.45. The molecule has 4 heteroatoms. The number of halogens is 1. The van der Waals surface area contributed by atoms with Crippen molar-refractivity contribution in [2.75, 3.05) is 32.8 Å². The van der Waals surface area contributed by atoms with Gasteiger partial charge in [0.25, 0.3) is 0 Å². The van der Waals surface area contributed by atoms with E-state index in [1.165, 1.54) is 31.4 Å². The van der Waals surface area contributed by atoms with Crippen LogP contribution in [0.25, 0.3) is 0 Å². The summed E-state index contributed by atoms with van der Waals surface area (Å²) in [6, 6.07) is 16.8. The van der Waals surface area contributed by atoms with E-state index in [1.807, 2.05) is 18.2 Å². The van der Waals surface area contributed by atoms with Gasteiger partial charge in [-0.25, -0.2) is 4.39 Å². The molecule has 0 spiro atoms. The fraction of sp³-hybridized carbons (Fsp3) is 0.538. The molecule has 1 aliphatic rings. The van der Waals surface area contributed by atoms with Crippen LogP contribution in [-0.4, -0.2) is 42.9 Å². The van der Waals surface area contributed by atoms with E-state index in [4.69, 9.17) is 4.74 Å². The van der Waals surface area contributed by atoms with Gasteiger partial charge in [-0.2, -0.15) is 0 Å². The average Bonchev–Trinajstić information content (AvgIpc) is 2.79. The number of aliphatic hydroxyl groups is 1. The highest BCUT2D eigenvalue weighted by atomic mass is 19.1. The van der Waals surface area contributed by atoms with Crippen molar-refractivity contribution in [1.82, 2.24) is 4.90 Å².